The van der Waals surface area contributed by atoms with Crippen LogP contribution >= 0.6 is 11.7 Å². The summed E-state index contributed by atoms with van der Waals surface area (Å²) in [6.07, 6.45) is 0. The van der Waals surface area contributed by atoms with Gasteiger partial charge < -0.3 is 30.1 Å². The highest BCUT2D eigenvalue weighted by molar-refractivity contribution is 6.99. The van der Waals surface area contributed by atoms with Crippen molar-refractivity contribution in [1.82, 2.24) is 13.6 Å². The Labute approximate surface area is 231 Å². The molecule has 1 aromatic heterocycles. The molecular weight excluding hydrogens is 514 g/mol. The summed E-state index contributed by atoms with van der Waals surface area (Å²) >= 11 is 1.05. The standard InChI is InChI=1S/C29H31N5O4S/c1-29(2,3)25(19-13-14-22-23(15-19)38-17-37-22)31-27-26(32-39-33-27)30-21-12-8-11-20(24(21)35)28(36)34(4)16-18-9-6-5-7-10-18/h5-15,25,35H,16-17H2,1-4H3,(H,30,32)(H,31,33)/t25-/m0/s1. The number of nitrogens with zero attached hydrogens (tertiary/aromatic N) is 3. The normalized spacial score (nSPS) is 13.1. The summed E-state index contributed by atoms with van der Waals surface area (Å²) in [7, 11) is 1.71. The number of rotatable bonds is 8. The van der Waals surface area contributed by atoms with Gasteiger partial charge in [-0.2, -0.15) is 8.75 Å². The first kappa shape index (κ1) is 26.3. The van der Waals surface area contributed by atoms with Crippen molar-refractivity contribution in [2.75, 3.05) is 24.5 Å². The van der Waals surface area contributed by atoms with Crippen molar-refractivity contribution in [2.45, 2.75) is 33.4 Å². The third-order valence-electron chi connectivity index (χ3n) is 6.49. The van der Waals surface area contributed by atoms with Gasteiger partial charge in [0.15, 0.2) is 28.9 Å². The summed E-state index contributed by atoms with van der Waals surface area (Å²) < 4.78 is 19.9. The zero-order chi connectivity index (χ0) is 27.6. The number of amides is 1. The van der Waals surface area contributed by atoms with Crippen molar-refractivity contribution in [3.8, 4) is 17.2 Å². The maximum atomic E-state index is 13.2. The van der Waals surface area contributed by atoms with Crippen molar-refractivity contribution in [1.29, 1.82) is 0 Å². The zero-order valence-electron chi connectivity index (χ0n) is 22.3. The maximum absolute atomic E-state index is 13.2. The third kappa shape index (κ3) is 5.75. The molecule has 1 aliphatic heterocycles. The van der Waals surface area contributed by atoms with Crippen LogP contribution in [0.3, 0.4) is 0 Å². The van der Waals surface area contributed by atoms with E-state index in [1.54, 1.807) is 30.1 Å². The lowest BCUT2D eigenvalue weighted by Gasteiger charge is -2.32. The molecule has 0 unspecified atom stereocenters. The number of aromatic nitrogens is 2. The van der Waals surface area contributed by atoms with Crippen LogP contribution in [0.25, 0.3) is 0 Å². The lowest BCUT2D eigenvalue weighted by molar-refractivity contribution is 0.0782. The first-order valence-corrected chi connectivity index (χ1v) is 13.3. The van der Waals surface area contributed by atoms with Crippen LogP contribution in [0.2, 0.25) is 0 Å². The number of anilines is 3. The second-order valence-electron chi connectivity index (χ2n) is 10.5. The molecule has 9 nitrogen and oxygen atoms in total. The van der Waals surface area contributed by atoms with Crippen molar-refractivity contribution >= 4 is 35.0 Å². The Balaban J connectivity index is 1.36. The van der Waals surface area contributed by atoms with E-state index in [2.05, 4.69) is 40.2 Å². The molecule has 10 heteroatoms. The zero-order valence-corrected chi connectivity index (χ0v) is 23.1. The highest BCUT2D eigenvalue weighted by Gasteiger charge is 2.30. The van der Waals surface area contributed by atoms with E-state index in [4.69, 9.17) is 9.47 Å². The lowest BCUT2D eigenvalue weighted by atomic mass is 9.82. The van der Waals surface area contributed by atoms with Crippen molar-refractivity contribution in [3.05, 3.63) is 83.4 Å². The van der Waals surface area contributed by atoms with Crippen LogP contribution in [0, 0.1) is 5.41 Å². The number of fused-ring (bicyclic) bond motifs is 1. The SMILES string of the molecule is CN(Cc1ccccc1)C(=O)c1cccc(Nc2nsnc2N[C@@H](c2ccc3c(c2)OCO3)C(C)(C)C)c1O. The number of ether oxygens (including phenoxy) is 2. The minimum Gasteiger partial charge on any atom is -0.505 e. The third-order valence-corrected chi connectivity index (χ3v) is 7.02. The first-order chi connectivity index (χ1) is 18.7. The molecule has 202 valence electrons. The van der Waals surface area contributed by atoms with Crippen LogP contribution < -0.4 is 20.1 Å². The van der Waals surface area contributed by atoms with E-state index >= 15 is 0 Å². The number of para-hydroxylation sites is 1. The fraction of sp³-hybridized carbons (Fsp3) is 0.276. The molecule has 0 spiro atoms. The lowest BCUT2D eigenvalue weighted by Crippen LogP contribution is -2.26. The molecule has 2 heterocycles. The minimum atomic E-state index is -0.287. The molecule has 0 saturated heterocycles. The van der Waals surface area contributed by atoms with Gasteiger partial charge in [0, 0.05) is 13.6 Å². The van der Waals surface area contributed by atoms with Gasteiger partial charge in [0.05, 0.1) is 29.0 Å². The van der Waals surface area contributed by atoms with Gasteiger partial charge in [-0.25, -0.2) is 0 Å². The van der Waals surface area contributed by atoms with Gasteiger partial charge >= 0.3 is 0 Å². The van der Waals surface area contributed by atoms with Gasteiger partial charge in [0.25, 0.3) is 5.91 Å². The number of carbonyl (C=O) groups excluding carboxylic acids is 1. The number of phenols is 1. The van der Waals surface area contributed by atoms with E-state index in [-0.39, 0.29) is 35.5 Å². The smallest absolute Gasteiger partial charge is 0.257 e. The largest absolute Gasteiger partial charge is 0.505 e. The van der Waals surface area contributed by atoms with Gasteiger partial charge in [-0.15, -0.1) is 0 Å². The Morgan fingerprint density at radius 3 is 2.54 bits per heavy atom. The monoisotopic (exact) mass is 545 g/mol. The molecule has 3 aromatic carbocycles. The Bertz CT molecular complexity index is 1470. The second-order valence-corrected chi connectivity index (χ2v) is 11.0. The number of phenolic OH excluding ortho intramolecular Hbond substituents is 1. The summed E-state index contributed by atoms with van der Waals surface area (Å²) in [5, 5.41) is 17.7. The van der Waals surface area contributed by atoms with Crippen LogP contribution in [-0.2, 0) is 6.54 Å². The Kier molecular flexibility index (Phi) is 7.30. The summed E-state index contributed by atoms with van der Waals surface area (Å²) in [6, 6.07) is 20.5. The van der Waals surface area contributed by atoms with Gasteiger partial charge in [-0.3, -0.25) is 4.79 Å². The summed E-state index contributed by atoms with van der Waals surface area (Å²) in [6.45, 7) is 7.04. The second kappa shape index (κ2) is 10.8. The van der Waals surface area contributed by atoms with Crippen LogP contribution in [0.1, 0.15) is 48.3 Å². The predicted octanol–water partition coefficient (Wildman–Crippen LogP) is 6.19. The van der Waals surface area contributed by atoms with Gasteiger partial charge in [0.1, 0.15) is 0 Å². The Morgan fingerprint density at radius 1 is 1.03 bits per heavy atom. The summed E-state index contributed by atoms with van der Waals surface area (Å²) in [5.41, 5.74) is 2.39. The molecule has 1 aliphatic rings. The molecule has 1 atom stereocenters. The van der Waals surface area contributed by atoms with Gasteiger partial charge in [0.2, 0.25) is 6.79 Å². The van der Waals surface area contributed by atoms with Gasteiger partial charge in [-0.1, -0.05) is 63.2 Å². The Morgan fingerprint density at radius 2 is 1.77 bits per heavy atom. The van der Waals surface area contributed by atoms with E-state index in [0.29, 0.717) is 29.6 Å². The topological polar surface area (TPSA) is 109 Å². The molecule has 0 aliphatic carbocycles. The fourth-order valence-corrected chi connectivity index (χ4v) is 4.95. The average molecular weight is 546 g/mol. The van der Waals surface area contributed by atoms with Crippen LogP contribution in [0.5, 0.6) is 17.2 Å². The Hall–Kier alpha value is -4.31. The molecule has 4 aromatic rings. The molecule has 0 saturated carbocycles. The summed E-state index contributed by atoms with van der Waals surface area (Å²) in [5.74, 6) is 1.99. The van der Waals surface area contributed by atoms with Crippen molar-refractivity contribution in [2.24, 2.45) is 5.41 Å². The quantitative estimate of drug-likeness (QED) is 0.225. The van der Waals surface area contributed by atoms with E-state index in [1.165, 1.54) is 0 Å². The number of aromatic hydroxyl groups is 1. The molecule has 0 bridgehead atoms. The molecule has 3 N–H and O–H groups in total. The molecular formula is C29H31N5O4S. The van der Waals surface area contributed by atoms with E-state index in [9.17, 15) is 9.90 Å². The highest BCUT2D eigenvalue weighted by Crippen LogP contribution is 2.42. The van der Waals surface area contributed by atoms with Crippen molar-refractivity contribution in [3.63, 3.8) is 0 Å². The molecule has 39 heavy (non-hydrogen) atoms. The molecule has 1 amide bonds. The maximum Gasteiger partial charge on any atom is 0.257 e. The van der Waals surface area contributed by atoms with Crippen molar-refractivity contribution < 1.29 is 19.4 Å². The minimum absolute atomic E-state index is 0.135. The average Bonchev–Trinajstić information content (AvgIpc) is 3.56. The number of hydrogen-bond donors (Lipinski definition) is 3. The van der Waals surface area contributed by atoms with Crippen LogP contribution in [0.15, 0.2) is 66.7 Å². The molecule has 0 radical (unpaired) electrons. The number of hydrogen-bond acceptors (Lipinski definition) is 9. The van der Waals surface area contributed by atoms with E-state index in [1.807, 2.05) is 48.5 Å². The van der Waals surface area contributed by atoms with E-state index < -0.39 is 0 Å². The molecule has 0 fully saturated rings. The molecule has 5 rings (SSSR count). The van der Waals surface area contributed by atoms with Crippen LogP contribution in [0.4, 0.5) is 17.3 Å². The van der Waals surface area contributed by atoms with Gasteiger partial charge in [-0.05, 0) is 40.8 Å². The predicted molar refractivity (Wildman–Crippen MR) is 152 cm³/mol. The fourth-order valence-electron chi connectivity index (χ4n) is 4.47. The van der Waals surface area contributed by atoms with E-state index in [0.717, 1.165) is 28.6 Å². The number of carbonyl (C=O) groups is 1. The highest BCUT2D eigenvalue weighted by atomic mass is 32.1. The first-order valence-electron chi connectivity index (χ1n) is 12.6. The van der Waals surface area contributed by atoms with Crippen LogP contribution in [-0.4, -0.2) is 38.5 Å². The summed E-state index contributed by atoms with van der Waals surface area (Å²) in [4.78, 5) is 14.7. The number of benzene rings is 3. The number of nitrogens with one attached hydrogen (secondary N) is 2.